The highest BCUT2D eigenvalue weighted by Gasteiger charge is 2.29. The number of nitrogens with one attached hydrogen (secondary N) is 2. The van der Waals surface area contributed by atoms with E-state index in [0.29, 0.717) is 25.2 Å². The fourth-order valence-electron chi connectivity index (χ4n) is 3.14. The molecule has 3 rings (SSSR count). The third kappa shape index (κ3) is 9.25. The molecule has 0 spiro atoms. The number of carbonyl (C=O) groups is 2. The first-order chi connectivity index (χ1) is 17.0. The Balaban J connectivity index is 0.000000346. The lowest BCUT2D eigenvalue weighted by Crippen LogP contribution is -2.45. The number of anilines is 1. The van der Waals surface area contributed by atoms with Crippen LogP contribution in [0.5, 0.6) is 0 Å². The van der Waals surface area contributed by atoms with Crippen LogP contribution in [-0.2, 0) is 15.8 Å². The fourth-order valence-corrected chi connectivity index (χ4v) is 3.14. The number of carbonyl (C=O) groups excluding carboxylic acids is 2. The Morgan fingerprint density at radius 2 is 1.67 bits per heavy atom. The minimum absolute atomic E-state index is 0.0155. The summed E-state index contributed by atoms with van der Waals surface area (Å²) in [6.45, 7) is 2.31. The van der Waals surface area contributed by atoms with E-state index >= 15 is 0 Å². The highest BCUT2D eigenvalue weighted by Crippen LogP contribution is 2.28. The van der Waals surface area contributed by atoms with Crippen LogP contribution in [0.3, 0.4) is 0 Å². The van der Waals surface area contributed by atoms with Gasteiger partial charge in [0.15, 0.2) is 0 Å². The van der Waals surface area contributed by atoms with Gasteiger partial charge in [-0.1, -0.05) is 35.9 Å². The van der Waals surface area contributed by atoms with E-state index < -0.39 is 23.7 Å². The fraction of sp³-hybridized carbons (Fsp3) is 0.320. The third-order valence-electron chi connectivity index (χ3n) is 5.27. The molecule has 0 bridgehead atoms. The van der Waals surface area contributed by atoms with Crippen molar-refractivity contribution in [3.63, 3.8) is 0 Å². The highest BCUT2D eigenvalue weighted by atomic mass is 19.4. The second-order valence-corrected chi connectivity index (χ2v) is 8.23. The van der Waals surface area contributed by atoms with E-state index in [9.17, 15) is 22.8 Å². The molecule has 0 saturated heterocycles. The van der Waals surface area contributed by atoms with Gasteiger partial charge in [0.05, 0.1) is 35.6 Å². The Morgan fingerprint density at radius 3 is 2.28 bits per heavy atom. The van der Waals surface area contributed by atoms with Gasteiger partial charge in [0.1, 0.15) is 0 Å². The third-order valence-corrected chi connectivity index (χ3v) is 5.27. The Morgan fingerprint density at radius 1 is 1.03 bits per heavy atom. The molecule has 0 saturated carbocycles. The van der Waals surface area contributed by atoms with Crippen LogP contribution in [0.2, 0.25) is 0 Å². The molecular formula is C25H31F3N6O2. The molecule has 0 aliphatic carbocycles. The number of aromatic nitrogens is 1. The molecule has 8 nitrogen and oxygen atoms in total. The van der Waals surface area contributed by atoms with Gasteiger partial charge in [0.2, 0.25) is 11.8 Å². The summed E-state index contributed by atoms with van der Waals surface area (Å²) in [6, 6.07) is 13.7. The number of pyridine rings is 1. The smallest absolute Gasteiger partial charge is 0.346 e. The lowest BCUT2D eigenvalue weighted by atomic mass is 10.0. The summed E-state index contributed by atoms with van der Waals surface area (Å²) < 4.78 is 35.8. The summed E-state index contributed by atoms with van der Waals surface area (Å²) in [7, 11) is 0. The summed E-state index contributed by atoms with van der Waals surface area (Å²) in [5.74, 6) is -0.774. The topological polar surface area (TPSA) is 149 Å². The Hall–Kier alpha value is -3.54. The van der Waals surface area contributed by atoms with Gasteiger partial charge in [0.25, 0.3) is 0 Å². The maximum Gasteiger partial charge on any atom is 0.416 e. The molecule has 0 aliphatic heterocycles. The number of nitrogens with two attached hydrogens (primary N) is 3. The normalized spacial score (nSPS) is 12.0. The Kier molecular flexibility index (Phi) is 10.8. The van der Waals surface area contributed by atoms with Crippen LogP contribution in [0.4, 0.5) is 18.9 Å². The average molecular weight is 505 g/mol. The molecule has 1 atom stereocenters. The largest absolute Gasteiger partial charge is 0.416 e. The Labute approximate surface area is 207 Å². The second kappa shape index (κ2) is 13.5. The summed E-state index contributed by atoms with van der Waals surface area (Å²) in [5.41, 5.74) is 18.5. The highest BCUT2D eigenvalue weighted by molar-refractivity contribution is 5.96. The van der Waals surface area contributed by atoms with Crippen molar-refractivity contribution in [2.24, 2.45) is 23.1 Å². The molecular weight excluding hydrogens is 473 g/mol. The zero-order chi connectivity index (χ0) is 26.7. The van der Waals surface area contributed by atoms with E-state index in [2.05, 4.69) is 15.6 Å². The van der Waals surface area contributed by atoms with Crippen molar-refractivity contribution in [3.8, 4) is 0 Å². The number of para-hydroxylation sites is 1. The number of aryl methyl sites for hydroxylation is 1. The van der Waals surface area contributed by atoms with Crippen LogP contribution in [0.25, 0.3) is 10.9 Å². The molecule has 0 radical (unpaired) electrons. The van der Waals surface area contributed by atoms with Crippen molar-refractivity contribution in [3.05, 3.63) is 71.9 Å². The standard InChI is InChI=1S/C17H24N6O2.C8H7F3/c18-7-11(8-19)5-14(20)17(25)22-10-16(24)23-13-6-12-3-1-2-4-15(12)21-9-13;1-6-2-4-7(5-3-6)8(9,10)11/h1-4,6,9,11,14H,5,7-8,10,18-20H2,(H,22,25)(H,23,24);2-5H,1H3. The van der Waals surface area contributed by atoms with Crippen LogP contribution in [-0.4, -0.2) is 42.5 Å². The van der Waals surface area contributed by atoms with E-state index in [4.69, 9.17) is 17.2 Å². The quantitative estimate of drug-likeness (QED) is 0.318. The first kappa shape index (κ1) is 28.7. The van der Waals surface area contributed by atoms with E-state index in [1.165, 1.54) is 12.1 Å². The lowest BCUT2D eigenvalue weighted by Gasteiger charge is -2.17. The van der Waals surface area contributed by atoms with Crippen molar-refractivity contribution in [1.82, 2.24) is 10.3 Å². The first-order valence-corrected chi connectivity index (χ1v) is 11.3. The second-order valence-electron chi connectivity index (χ2n) is 8.23. The van der Waals surface area contributed by atoms with Gasteiger partial charge in [-0.3, -0.25) is 14.6 Å². The number of rotatable bonds is 8. The maximum absolute atomic E-state index is 12.0. The van der Waals surface area contributed by atoms with Crippen molar-refractivity contribution in [1.29, 1.82) is 0 Å². The SMILES string of the molecule is Cc1ccc(C(F)(F)F)cc1.NCC(CN)CC(N)C(=O)NCC(=O)Nc1cnc2ccccc2c1. The van der Waals surface area contributed by atoms with Crippen LogP contribution < -0.4 is 27.8 Å². The van der Waals surface area contributed by atoms with E-state index in [1.807, 2.05) is 30.3 Å². The number of halogens is 3. The number of hydrogen-bond acceptors (Lipinski definition) is 6. The van der Waals surface area contributed by atoms with E-state index in [0.717, 1.165) is 28.6 Å². The Bertz CT molecular complexity index is 1130. The number of fused-ring (bicyclic) bond motifs is 1. The van der Waals surface area contributed by atoms with Crippen LogP contribution >= 0.6 is 0 Å². The molecule has 8 N–H and O–H groups in total. The van der Waals surface area contributed by atoms with Gasteiger partial charge in [-0.15, -0.1) is 0 Å². The van der Waals surface area contributed by atoms with E-state index in [1.54, 1.807) is 13.1 Å². The molecule has 1 unspecified atom stereocenters. The average Bonchev–Trinajstić information content (AvgIpc) is 2.85. The minimum atomic E-state index is -4.21. The van der Waals surface area contributed by atoms with Crippen LogP contribution in [0.15, 0.2) is 60.8 Å². The van der Waals surface area contributed by atoms with Crippen molar-refractivity contribution in [2.45, 2.75) is 25.6 Å². The molecule has 194 valence electrons. The van der Waals surface area contributed by atoms with Crippen molar-refractivity contribution >= 4 is 28.4 Å². The zero-order valence-corrected chi connectivity index (χ0v) is 19.9. The summed E-state index contributed by atoms with van der Waals surface area (Å²) in [5, 5.41) is 6.13. The van der Waals surface area contributed by atoms with Crippen molar-refractivity contribution < 1.29 is 22.8 Å². The molecule has 1 heterocycles. The molecule has 1 aromatic heterocycles. The monoisotopic (exact) mass is 504 g/mol. The van der Waals surface area contributed by atoms with Gasteiger partial charge in [-0.2, -0.15) is 13.2 Å². The zero-order valence-electron chi connectivity index (χ0n) is 19.9. The molecule has 0 fully saturated rings. The molecule has 3 aromatic rings. The van der Waals surface area contributed by atoms with Crippen LogP contribution in [0, 0.1) is 12.8 Å². The number of nitrogens with zero attached hydrogens (tertiary/aromatic N) is 1. The van der Waals surface area contributed by atoms with Crippen LogP contribution in [0.1, 0.15) is 17.5 Å². The predicted molar refractivity (Wildman–Crippen MR) is 134 cm³/mol. The molecule has 11 heteroatoms. The summed E-state index contributed by atoms with van der Waals surface area (Å²) >= 11 is 0. The van der Waals surface area contributed by atoms with E-state index in [-0.39, 0.29) is 18.4 Å². The van der Waals surface area contributed by atoms with Gasteiger partial charge < -0.3 is 27.8 Å². The van der Waals surface area contributed by atoms with Gasteiger partial charge >= 0.3 is 6.18 Å². The van der Waals surface area contributed by atoms with Gasteiger partial charge in [-0.05, 0) is 56.6 Å². The molecule has 2 aromatic carbocycles. The molecule has 0 aliphatic rings. The molecule has 2 amide bonds. The summed E-state index contributed by atoms with van der Waals surface area (Å²) in [6.07, 6.45) is -2.26. The minimum Gasteiger partial charge on any atom is -0.346 e. The lowest BCUT2D eigenvalue weighted by molar-refractivity contribution is -0.137. The number of alkyl halides is 3. The first-order valence-electron chi connectivity index (χ1n) is 11.3. The number of amides is 2. The maximum atomic E-state index is 12.0. The number of hydrogen-bond donors (Lipinski definition) is 5. The van der Waals surface area contributed by atoms with Gasteiger partial charge in [-0.25, -0.2) is 0 Å². The predicted octanol–water partition coefficient (Wildman–Crippen LogP) is 2.55. The summed E-state index contributed by atoms with van der Waals surface area (Å²) in [4.78, 5) is 28.2. The van der Waals surface area contributed by atoms with Crippen molar-refractivity contribution in [2.75, 3.05) is 25.0 Å². The number of benzene rings is 2. The molecule has 36 heavy (non-hydrogen) atoms. The van der Waals surface area contributed by atoms with Gasteiger partial charge in [0, 0.05) is 5.39 Å².